The smallest absolute Gasteiger partial charge is 0.216 e. The molecule has 3 heteroatoms. The second-order valence-corrected chi connectivity index (χ2v) is 2.04. The fourth-order valence-corrected chi connectivity index (χ4v) is 0.756. The van der Waals surface area contributed by atoms with Crippen molar-refractivity contribution >= 4 is 0 Å². The molecule has 11 heavy (non-hydrogen) atoms. The van der Waals surface area contributed by atoms with E-state index in [9.17, 15) is 0 Å². The number of rotatable bonds is 2. The average molecular weight is 152 g/mol. The number of pyridine rings is 1. The molecule has 0 aliphatic carbocycles. The second-order valence-electron chi connectivity index (χ2n) is 2.04. The molecule has 1 heterocycles. The summed E-state index contributed by atoms with van der Waals surface area (Å²) >= 11 is 0. The number of hydrogen-bond acceptors (Lipinski definition) is 3. The van der Waals surface area contributed by atoms with E-state index in [-0.39, 0.29) is 0 Å². The first kappa shape index (κ1) is 7.85. The largest absolute Gasteiger partial charge is 0.496 e. The quantitative estimate of drug-likeness (QED) is 0.639. The van der Waals surface area contributed by atoms with Gasteiger partial charge in [-0.15, -0.1) is 0 Å². The molecule has 0 amide bonds. The van der Waals surface area contributed by atoms with Gasteiger partial charge in [-0.1, -0.05) is 0 Å². The third kappa shape index (κ3) is 1.83. The highest BCUT2D eigenvalue weighted by molar-refractivity contribution is 5.31. The van der Waals surface area contributed by atoms with E-state index in [0.29, 0.717) is 17.3 Å². The molecule has 59 valence electrons. The van der Waals surface area contributed by atoms with Crippen LogP contribution in [0.4, 0.5) is 0 Å². The highest BCUT2D eigenvalue weighted by Crippen LogP contribution is 2.17. The Hall–Kier alpha value is -1.25. The molecular formula is C8H10NO2. The molecule has 0 aliphatic rings. The van der Waals surface area contributed by atoms with E-state index in [1.165, 1.54) is 0 Å². The number of aromatic nitrogens is 1. The number of nitrogens with zero attached hydrogens (tertiary/aromatic N) is 1. The van der Waals surface area contributed by atoms with Crippen LogP contribution in [0.15, 0.2) is 12.1 Å². The highest BCUT2D eigenvalue weighted by atomic mass is 16.5. The van der Waals surface area contributed by atoms with Crippen molar-refractivity contribution in [2.45, 2.75) is 0 Å². The Bertz CT molecular complexity index is 226. The van der Waals surface area contributed by atoms with Crippen LogP contribution in [0.2, 0.25) is 0 Å². The van der Waals surface area contributed by atoms with Gasteiger partial charge >= 0.3 is 0 Å². The topological polar surface area (TPSA) is 31.4 Å². The Labute approximate surface area is 66.0 Å². The summed E-state index contributed by atoms with van der Waals surface area (Å²) < 4.78 is 9.88. The number of ether oxygens (including phenoxy) is 2. The van der Waals surface area contributed by atoms with Crippen molar-refractivity contribution in [1.82, 2.24) is 4.98 Å². The Balaban J connectivity index is 3.02. The summed E-state index contributed by atoms with van der Waals surface area (Å²) in [6, 6.07) is 3.44. The molecule has 0 unspecified atom stereocenters. The van der Waals surface area contributed by atoms with Gasteiger partial charge in [0.2, 0.25) is 5.88 Å². The third-order valence-electron chi connectivity index (χ3n) is 1.27. The molecule has 0 aliphatic heterocycles. The van der Waals surface area contributed by atoms with Crippen molar-refractivity contribution in [1.29, 1.82) is 0 Å². The van der Waals surface area contributed by atoms with Crippen LogP contribution >= 0.6 is 0 Å². The molecule has 0 aromatic carbocycles. The zero-order valence-corrected chi connectivity index (χ0v) is 6.63. The van der Waals surface area contributed by atoms with Crippen molar-refractivity contribution in [2.24, 2.45) is 0 Å². The van der Waals surface area contributed by atoms with Crippen LogP contribution in [0.3, 0.4) is 0 Å². The van der Waals surface area contributed by atoms with E-state index in [2.05, 4.69) is 11.9 Å². The molecule has 0 saturated carbocycles. The van der Waals surface area contributed by atoms with E-state index in [1.807, 2.05) is 0 Å². The van der Waals surface area contributed by atoms with Crippen LogP contribution in [0.5, 0.6) is 11.6 Å². The fraction of sp³-hybridized carbons (Fsp3) is 0.250. The Morgan fingerprint density at radius 1 is 1.27 bits per heavy atom. The fourth-order valence-electron chi connectivity index (χ4n) is 0.756. The zero-order valence-electron chi connectivity index (χ0n) is 6.63. The van der Waals surface area contributed by atoms with Crippen LogP contribution < -0.4 is 9.47 Å². The van der Waals surface area contributed by atoms with Gasteiger partial charge in [0, 0.05) is 17.8 Å². The molecule has 0 bridgehead atoms. The van der Waals surface area contributed by atoms with Gasteiger partial charge in [0.25, 0.3) is 0 Å². The monoisotopic (exact) mass is 152 g/mol. The first-order chi connectivity index (χ1) is 5.26. The SMILES string of the molecule is [CH2]c1cc(OC)cc(OC)n1. The summed E-state index contributed by atoms with van der Waals surface area (Å²) in [6.07, 6.45) is 0. The summed E-state index contributed by atoms with van der Waals surface area (Å²) in [5, 5.41) is 0. The summed E-state index contributed by atoms with van der Waals surface area (Å²) in [6.45, 7) is 3.67. The first-order valence-electron chi connectivity index (χ1n) is 3.18. The maximum atomic E-state index is 4.98. The predicted octanol–water partition coefficient (Wildman–Crippen LogP) is 1.28. The van der Waals surface area contributed by atoms with Gasteiger partial charge in [-0.25, -0.2) is 4.98 Å². The Morgan fingerprint density at radius 3 is 2.55 bits per heavy atom. The van der Waals surface area contributed by atoms with Crippen molar-refractivity contribution in [2.75, 3.05) is 14.2 Å². The second kappa shape index (κ2) is 3.23. The Kier molecular flexibility index (Phi) is 2.31. The summed E-state index contributed by atoms with van der Waals surface area (Å²) in [5.74, 6) is 1.23. The van der Waals surface area contributed by atoms with Gasteiger partial charge < -0.3 is 9.47 Å². The zero-order chi connectivity index (χ0) is 8.27. The molecular weight excluding hydrogens is 142 g/mol. The standard InChI is InChI=1S/C8H10NO2/c1-6-4-7(10-2)5-8(9-6)11-3/h4-5H,1H2,2-3H3. The molecule has 0 spiro atoms. The third-order valence-corrected chi connectivity index (χ3v) is 1.27. The van der Waals surface area contributed by atoms with Crippen molar-refractivity contribution < 1.29 is 9.47 Å². The maximum absolute atomic E-state index is 4.98. The van der Waals surface area contributed by atoms with E-state index in [0.717, 1.165) is 0 Å². The molecule has 0 fully saturated rings. The molecule has 0 atom stereocenters. The molecule has 0 saturated heterocycles. The van der Waals surface area contributed by atoms with Gasteiger partial charge in [-0.3, -0.25) is 0 Å². The molecule has 1 aromatic rings. The molecule has 0 N–H and O–H groups in total. The minimum absolute atomic E-state index is 0.523. The van der Waals surface area contributed by atoms with E-state index < -0.39 is 0 Å². The van der Waals surface area contributed by atoms with Gasteiger partial charge in [0.05, 0.1) is 14.2 Å². The summed E-state index contributed by atoms with van der Waals surface area (Å²) in [5.41, 5.74) is 0.640. The number of methoxy groups -OCH3 is 2. The van der Waals surface area contributed by atoms with Crippen LogP contribution in [0.1, 0.15) is 5.69 Å². The van der Waals surface area contributed by atoms with Crippen molar-refractivity contribution in [3.05, 3.63) is 24.8 Å². The molecule has 3 nitrogen and oxygen atoms in total. The number of hydrogen-bond donors (Lipinski definition) is 0. The van der Waals surface area contributed by atoms with Crippen LogP contribution in [0.25, 0.3) is 0 Å². The molecule has 1 radical (unpaired) electrons. The van der Waals surface area contributed by atoms with E-state index in [1.54, 1.807) is 26.4 Å². The normalized spacial score (nSPS) is 9.36. The lowest BCUT2D eigenvalue weighted by Gasteiger charge is -2.03. The van der Waals surface area contributed by atoms with Crippen molar-refractivity contribution in [3.8, 4) is 11.6 Å². The van der Waals surface area contributed by atoms with Crippen LogP contribution in [-0.4, -0.2) is 19.2 Å². The molecule has 1 rings (SSSR count). The predicted molar refractivity (Wildman–Crippen MR) is 41.8 cm³/mol. The van der Waals surface area contributed by atoms with Crippen molar-refractivity contribution in [3.63, 3.8) is 0 Å². The average Bonchev–Trinajstić information content (AvgIpc) is 2.03. The molecule has 1 aromatic heterocycles. The minimum Gasteiger partial charge on any atom is -0.496 e. The summed E-state index contributed by atoms with van der Waals surface area (Å²) in [7, 11) is 3.15. The minimum atomic E-state index is 0.523. The first-order valence-corrected chi connectivity index (χ1v) is 3.18. The van der Waals surface area contributed by atoms with Crippen LogP contribution in [-0.2, 0) is 0 Å². The van der Waals surface area contributed by atoms with E-state index in [4.69, 9.17) is 9.47 Å². The van der Waals surface area contributed by atoms with Gasteiger partial charge in [0.15, 0.2) is 0 Å². The van der Waals surface area contributed by atoms with Gasteiger partial charge in [-0.05, 0) is 6.92 Å². The lowest BCUT2D eigenvalue weighted by atomic mass is 10.3. The van der Waals surface area contributed by atoms with Gasteiger partial charge in [-0.2, -0.15) is 0 Å². The van der Waals surface area contributed by atoms with E-state index >= 15 is 0 Å². The lowest BCUT2D eigenvalue weighted by Crippen LogP contribution is -1.91. The Morgan fingerprint density at radius 2 is 2.00 bits per heavy atom. The lowest BCUT2D eigenvalue weighted by molar-refractivity contribution is 0.381. The summed E-state index contributed by atoms with van der Waals surface area (Å²) in [4.78, 5) is 3.99. The highest BCUT2D eigenvalue weighted by Gasteiger charge is 1.98. The van der Waals surface area contributed by atoms with Crippen LogP contribution in [0, 0.1) is 6.92 Å². The maximum Gasteiger partial charge on any atom is 0.216 e. The van der Waals surface area contributed by atoms with Gasteiger partial charge in [0.1, 0.15) is 5.75 Å².